The molecular formula is C8H14O4. The molecule has 0 aromatic rings. The molecule has 3 atom stereocenters. The summed E-state index contributed by atoms with van der Waals surface area (Å²) < 4.78 is 9.78. The molecule has 0 aliphatic carbocycles. The predicted octanol–water partition coefficient (Wildman–Crippen LogP) is 0.0878. The van der Waals surface area contributed by atoms with Gasteiger partial charge in [0.25, 0.3) is 0 Å². The minimum absolute atomic E-state index is 0.167. The van der Waals surface area contributed by atoms with E-state index in [-0.39, 0.29) is 24.6 Å². The molecule has 12 heavy (non-hydrogen) atoms. The summed E-state index contributed by atoms with van der Waals surface area (Å²) in [7, 11) is 1.34. The molecule has 0 spiro atoms. The quantitative estimate of drug-likeness (QED) is 0.603. The Morgan fingerprint density at radius 1 is 1.75 bits per heavy atom. The summed E-state index contributed by atoms with van der Waals surface area (Å²) in [6.45, 7) is 1.79. The zero-order valence-electron chi connectivity index (χ0n) is 7.32. The van der Waals surface area contributed by atoms with Crippen LogP contribution < -0.4 is 0 Å². The van der Waals surface area contributed by atoms with Crippen LogP contribution in [0.4, 0.5) is 0 Å². The lowest BCUT2D eigenvalue weighted by molar-refractivity contribution is -0.143. The number of hydrogen-bond acceptors (Lipinski definition) is 4. The van der Waals surface area contributed by atoms with Crippen molar-refractivity contribution in [1.82, 2.24) is 0 Å². The van der Waals surface area contributed by atoms with Crippen LogP contribution in [0.15, 0.2) is 0 Å². The lowest BCUT2D eigenvalue weighted by Crippen LogP contribution is -2.16. The molecule has 4 nitrogen and oxygen atoms in total. The normalized spacial score (nSPS) is 35.1. The van der Waals surface area contributed by atoms with Crippen LogP contribution in [0.1, 0.15) is 19.8 Å². The van der Waals surface area contributed by atoms with E-state index in [9.17, 15) is 9.90 Å². The Morgan fingerprint density at radius 2 is 2.42 bits per heavy atom. The van der Waals surface area contributed by atoms with Crippen LogP contribution in [0.2, 0.25) is 0 Å². The van der Waals surface area contributed by atoms with Gasteiger partial charge in [-0.2, -0.15) is 0 Å². The van der Waals surface area contributed by atoms with Gasteiger partial charge in [0.2, 0.25) is 0 Å². The van der Waals surface area contributed by atoms with E-state index in [2.05, 4.69) is 4.74 Å². The molecule has 1 aliphatic heterocycles. The van der Waals surface area contributed by atoms with Gasteiger partial charge in [-0.05, 0) is 6.92 Å². The maximum Gasteiger partial charge on any atom is 0.308 e. The highest BCUT2D eigenvalue weighted by Crippen LogP contribution is 2.22. The molecule has 0 bridgehead atoms. The van der Waals surface area contributed by atoms with E-state index in [1.165, 1.54) is 7.11 Å². The van der Waals surface area contributed by atoms with Crippen molar-refractivity contribution in [3.05, 3.63) is 0 Å². The van der Waals surface area contributed by atoms with E-state index < -0.39 is 6.10 Å². The van der Waals surface area contributed by atoms with Crippen molar-refractivity contribution < 1.29 is 19.4 Å². The van der Waals surface area contributed by atoms with Gasteiger partial charge >= 0.3 is 5.97 Å². The molecule has 70 valence electrons. The average molecular weight is 174 g/mol. The van der Waals surface area contributed by atoms with Crippen molar-refractivity contribution in [2.24, 2.45) is 0 Å². The summed E-state index contributed by atoms with van der Waals surface area (Å²) in [6, 6.07) is 0. The third-order valence-electron chi connectivity index (χ3n) is 2.08. The number of methoxy groups -OCH3 is 1. The fraction of sp³-hybridized carbons (Fsp3) is 0.875. The zero-order chi connectivity index (χ0) is 9.14. The van der Waals surface area contributed by atoms with Crippen molar-refractivity contribution >= 4 is 5.97 Å². The summed E-state index contributed by atoms with van der Waals surface area (Å²) >= 11 is 0. The smallest absolute Gasteiger partial charge is 0.308 e. The van der Waals surface area contributed by atoms with Crippen LogP contribution in [-0.2, 0) is 14.3 Å². The number of rotatable bonds is 2. The SMILES string of the molecule is COC(=O)C[C@H]1C[C@H](O)[C@@H](C)O1. The topological polar surface area (TPSA) is 55.8 Å². The first-order chi connectivity index (χ1) is 5.63. The molecule has 1 N–H and O–H groups in total. The molecule has 0 aromatic heterocycles. The summed E-state index contributed by atoms with van der Waals surface area (Å²) in [4.78, 5) is 10.8. The second-order valence-corrected chi connectivity index (χ2v) is 3.05. The highest BCUT2D eigenvalue weighted by atomic mass is 16.5. The summed E-state index contributed by atoms with van der Waals surface area (Å²) in [5.41, 5.74) is 0. The largest absolute Gasteiger partial charge is 0.469 e. The second kappa shape index (κ2) is 3.87. The molecule has 1 rings (SSSR count). The number of aliphatic hydroxyl groups excluding tert-OH is 1. The highest BCUT2D eigenvalue weighted by molar-refractivity contribution is 5.69. The molecular weight excluding hydrogens is 160 g/mol. The van der Waals surface area contributed by atoms with Crippen LogP contribution in [0.25, 0.3) is 0 Å². The van der Waals surface area contributed by atoms with Crippen molar-refractivity contribution in [1.29, 1.82) is 0 Å². The van der Waals surface area contributed by atoms with Crippen LogP contribution in [0.5, 0.6) is 0 Å². The lowest BCUT2D eigenvalue weighted by Gasteiger charge is -2.08. The van der Waals surface area contributed by atoms with Crippen LogP contribution in [0.3, 0.4) is 0 Å². The Balaban J connectivity index is 2.32. The molecule has 1 fully saturated rings. The number of aliphatic hydroxyl groups is 1. The number of ether oxygens (including phenoxy) is 2. The first-order valence-corrected chi connectivity index (χ1v) is 4.04. The molecule has 1 saturated heterocycles. The van der Waals surface area contributed by atoms with Gasteiger partial charge in [0.05, 0.1) is 31.8 Å². The van der Waals surface area contributed by atoms with Crippen LogP contribution in [-0.4, -0.2) is 36.5 Å². The number of hydrogen-bond donors (Lipinski definition) is 1. The monoisotopic (exact) mass is 174 g/mol. The zero-order valence-corrected chi connectivity index (χ0v) is 7.32. The van der Waals surface area contributed by atoms with Crippen molar-refractivity contribution in [2.45, 2.75) is 38.1 Å². The van der Waals surface area contributed by atoms with E-state index in [0.29, 0.717) is 6.42 Å². The van der Waals surface area contributed by atoms with Gasteiger partial charge in [-0.3, -0.25) is 4.79 Å². The average Bonchev–Trinajstić information content (AvgIpc) is 2.31. The molecule has 0 aromatic carbocycles. The van der Waals surface area contributed by atoms with E-state index in [1.54, 1.807) is 6.92 Å². The molecule has 0 amide bonds. The molecule has 0 saturated carbocycles. The van der Waals surface area contributed by atoms with Gasteiger partial charge in [0.1, 0.15) is 0 Å². The van der Waals surface area contributed by atoms with Gasteiger partial charge in [0.15, 0.2) is 0 Å². The molecule has 1 heterocycles. The summed E-state index contributed by atoms with van der Waals surface area (Å²) in [5, 5.41) is 9.28. The van der Waals surface area contributed by atoms with Crippen LogP contribution >= 0.6 is 0 Å². The van der Waals surface area contributed by atoms with Gasteiger partial charge in [-0.15, -0.1) is 0 Å². The Morgan fingerprint density at radius 3 is 2.83 bits per heavy atom. The first-order valence-electron chi connectivity index (χ1n) is 4.04. The lowest BCUT2D eigenvalue weighted by atomic mass is 10.1. The summed E-state index contributed by atoms with van der Waals surface area (Å²) in [6.07, 6.45) is -0.0319. The van der Waals surface area contributed by atoms with Gasteiger partial charge in [-0.1, -0.05) is 0 Å². The fourth-order valence-electron chi connectivity index (χ4n) is 1.31. The number of esters is 1. The Kier molecular flexibility index (Phi) is 3.05. The molecule has 1 aliphatic rings. The van der Waals surface area contributed by atoms with E-state index in [0.717, 1.165) is 0 Å². The fourth-order valence-corrected chi connectivity index (χ4v) is 1.31. The van der Waals surface area contributed by atoms with E-state index in [4.69, 9.17) is 4.74 Å². The minimum Gasteiger partial charge on any atom is -0.469 e. The Bertz CT molecular complexity index is 158. The number of carbonyl (C=O) groups excluding carboxylic acids is 1. The third-order valence-corrected chi connectivity index (χ3v) is 2.08. The molecule has 4 heteroatoms. The van der Waals surface area contributed by atoms with Crippen molar-refractivity contribution in [3.8, 4) is 0 Å². The van der Waals surface area contributed by atoms with Crippen molar-refractivity contribution in [3.63, 3.8) is 0 Å². The first kappa shape index (κ1) is 9.48. The minimum atomic E-state index is -0.445. The van der Waals surface area contributed by atoms with E-state index in [1.807, 2.05) is 0 Å². The maximum absolute atomic E-state index is 10.8. The summed E-state index contributed by atoms with van der Waals surface area (Å²) in [5.74, 6) is -0.290. The predicted molar refractivity (Wildman–Crippen MR) is 41.6 cm³/mol. The Hall–Kier alpha value is -0.610. The standard InChI is InChI=1S/C8H14O4/c1-5-7(9)3-6(12-5)4-8(10)11-2/h5-7,9H,3-4H2,1-2H3/t5-,6-,7+/m1/s1. The third kappa shape index (κ3) is 2.19. The number of carbonyl (C=O) groups is 1. The molecule has 0 unspecified atom stereocenters. The highest BCUT2D eigenvalue weighted by Gasteiger charge is 2.31. The maximum atomic E-state index is 10.8. The van der Waals surface area contributed by atoms with Gasteiger partial charge in [-0.25, -0.2) is 0 Å². The second-order valence-electron chi connectivity index (χ2n) is 3.05. The van der Waals surface area contributed by atoms with Crippen molar-refractivity contribution in [2.75, 3.05) is 7.11 Å². The van der Waals surface area contributed by atoms with Crippen LogP contribution in [0, 0.1) is 0 Å². The molecule has 0 radical (unpaired) electrons. The van der Waals surface area contributed by atoms with E-state index >= 15 is 0 Å². The van der Waals surface area contributed by atoms with Gasteiger partial charge < -0.3 is 14.6 Å². The Labute approximate surface area is 71.5 Å². The van der Waals surface area contributed by atoms with Gasteiger partial charge in [0, 0.05) is 6.42 Å².